The molecule has 1 heterocycles. The van der Waals surface area contributed by atoms with Gasteiger partial charge in [0.1, 0.15) is 5.82 Å². The SMILES string of the molecule is CC1CC(Nc2ncc(Br)cc2C(F)(F)F)C1. The van der Waals surface area contributed by atoms with E-state index in [2.05, 4.69) is 33.2 Å². The minimum absolute atomic E-state index is 0.0717. The molecule has 1 aliphatic rings. The second-order valence-corrected chi connectivity index (χ2v) is 5.38. The molecule has 17 heavy (non-hydrogen) atoms. The van der Waals surface area contributed by atoms with Gasteiger partial charge in [-0.25, -0.2) is 4.98 Å². The number of nitrogens with one attached hydrogen (secondary N) is 1. The minimum atomic E-state index is -4.38. The van der Waals surface area contributed by atoms with E-state index in [9.17, 15) is 13.2 Å². The highest BCUT2D eigenvalue weighted by molar-refractivity contribution is 9.10. The number of nitrogens with zero attached hydrogens (tertiary/aromatic N) is 1. The van der Waals surface area contributed by atoms with Crippen molar-refractivity contribution in [3.8, 4) is 0 Å². The van der Waals surface area contributed by atoms with Crippen molar-refractivity contribution in [3.63, 3.8) is 0 Å². The molecule has 0 saturated heterocycles. The fourth-order valence-corrected chi connectivity index (χ4v) is 2.32. The molecule has 1 saturated carbocycles. The van der Waals surface area contributed by atoms with Crippen LogP contribution in [0, 0.1) is 5.92 Å². The number of rotatable bonds is 2. The summed E-state index contributed by atoms with van der Waals surface area (Å²) in [5.41, 5.74) is -0.716. The van der Waals surface area contributed by atoms with Crippen LogP contribution in [0.25, 0.3) is 0 Å². The van der Waals surface area contributed by atoms with Crippen LogP contribution in [0.1, 0.15) is 25.3 Å². The molecule has 1 aromatic rings. The number of anilines is 1. The van der Waals surface area contributed by atoms with Crippen LogP contribution in [-0.2, 0) is 6.18 Å². The van der Waals surface area contributed by atoms with Crippen LogP contribution in [-0.4, -0.2) is 11.0 Å². The van der Waals surface area contributed by atoms with E-state index < -0.39 is 11.7 Å². The molecule has 0 spiro atoms. The molecule has 0 amide bonds. The monoisotopic (exact) mass is 308 g/mol. The van der Waals surface area contributed by atoms with Gasteiger partial charge in [-0.3, -0.25) is 0 Å². The zero-order chi connectivity index (χ0) is 12.6. The zero-order valence-corrected chi connectivity index (χ0v) is 10.8. The lowest BCUT2D eigenvalue weighted by Crippen LogP contribution is -2.34. The van der Waals surface area contributed by atoms with Crippen molar-refractivity contribution in [2.45, 2.75) is 32.0 Å². The van der Waals surface area contributed by atoms with E-state index >= 15 is 0 Å². The third kappa shape index (κ3) is 2.91. The number of hydrogen-bond donors (Lipinski definition) is 1. The van der Waals surface area contributed by atoms with Crippen molar-refractivity contribution in [1.29, 1.82) is 0 Å². The van der Waals surface area contributed by atoms with Gasteiger partial charge in [0.2, 0.25) is 0 Å². The summed E-state index contributed by atoms with van der Waals surface area (Å²) in [7, 11) is 0. The summed E-state index contributed by atoms with van der Waals surface area (Å²) in [6.07, 6.45) is -1.21. The number of hydrogen-bond acceptors (Lipinski definition) is 2. The second kappa shape index (κ2) is 4.48. The summed E-state index contributed by atoms with van der Waals surface area (Å²) < 4.78 is 38.7. The minimum Gasteiger partial charge on any atom is -0.367 e. The van der Waals surface area contributed by atoms with E-state index in [1.165, 1.54) is 6.20 Å². The maximum Gasteiger partial charge on any atom is 0.419 e. The number of aromatic nitrogens is 1. The van der Waals surface area contributed by atoms with Crippen LogP contribution < -0.4 is 5.32 Å². The molecule has 0 radical (unpaired) electrons. The van der Waals surface area contributed by atoms with Crippen LogP contribution in [0.4, 0.5) is 19.0 Å². The van der Waals surface area contributed by atoms with Crippen molar-refractivity contribution >= 4 is 21.7 Å². The fraction of sp³-hybridized carbons (Fsp3) is 0.545. The Bertz CT molecular complexity index is 414. The molecule has 1 fully saturated rings. The second-order valence-electron chi connectivity index (χ2n) is 4.47. The average Bonchev–Trinajstić information content (AvgIpc) is 2.16. The van der Waals surface area contributed by atoms with E-state index in [4.69, 9.17) is 0 Å². The van der Waals surface area contributed by atoms with Crippen LogP contribution in [0.2, 0.25) is 0 Å². The van der Waals surface area contributed by atoms with Gasteiger partial charge in [-0.1, -0.05) is 6.92 Å². The van der Waals surface area contributed by atoms with Gasteiger partial charge in [-0.15, -0.1) is 0 Å². The lowest BCUT2D eigenvalue weighted by atomic mass is 9.82. The molecule has 0 bridgehead atoms. The topological polar surface area (TPSA) is 24.9 Å². The molecule has 2 nitrogen and oxygen atoms in total. The first-order valence-corrected chi connectivity index (χ1v) is 6.15. The van der Waals surface area contributed by atoms with Crippen LogP contribution in [0.3, 0.4) is 0 Å². The summed E-state index contributed by atoms with van der Waals surface area (Å²) in [6, 6.07) is 1.16. The van der Waals surface area contributed by atoms with Crippen molar-refractivity contribution in [2.75, 3.05) is 5.32 Å². The molecular formula is C11H12BrF3N2. The van der Waals surface area contributed by atoms with Gasteiger partial charge < -0.3 is 5.32 Å². The first kappa shape index (κ1) is 12.7. The zero-order valence-electron chi connectivity index (χ0n) is 9.18. The normalized spacial score (nSPS) is 24.3. The molecule has 1 aliphatic carbocycles. The molecule has 6 heteroatoms. The van der Waals surface area contributed by atoms with Crippen molar-refractivity contribution in [1.82, 2.24) is 4.98 Å². The van der Waals surface area contributed by atoms with E-state index in [0.717, 1.165) is 18.9 Å². The van der Waals surface area contributed by atoms with Gasteiger partial charge in [-0.05, 0) is 40.8 Å². The Labute approximate surface area is 106 Å². The molecule has 0 unspecified atom stereocenters. The van der Waals surface area contributed by atoms with Crippen LogP contribution >= 0.6 is 15.9 Å². The van der Waals surface area contributed by atoms with Crippen molar-refractivity contribution in [3.05, 3.63) is 22.3 Å². The Morgan fingerprint density at radius 3 is 2.59 bits per heavy atom. The quantitative estimate of drug-likeness (QED) is 0.890. The van der Waals surface area contributed by atoms with Gasteiger partial charge in [0, 0.05) is 16.7 Å². The van der Waals surface area contributed by atoms with Crippen LogP contribution in [0.15, 0.2) is 16.7 Å². The number of pyridine rings is 1. The highest BCUT2D eigenvalue weighted by atomic mass is 79.9. The summed E-state index contributed by atoms with van der Waals surface area (Å²) in [5.74, 6) is 0.509. The summed E-state index contributed by atoms with van der Waals surface area (Å²) in [5, 5.41) is 2.86. The molecule has 1 N–H and O–H groups in total. The van der Waals surface area contributed by atoms with Gasteiger partial charge in [0.25, 0.3) is 0 Å². The third-order valence-corrected chi connectivity index (χ3v) is 3.31. The molecule has 0 aliphatic heterocycles. The molecule has 0 aromatic carbocycles. The predicted molar refractivity (Wildman–Crippen MR) is 62.7 cm³/mol. The van der Waals surface area contributed by atoms with E-state index in [0.29, 0.717) is 10.4 Å². The van der Waals surface area contributed by atoms with Crippen molar-refractivity contribution in [2.24, 2.45) is 5.92 Å². The lowest BCUT2D eigenvalue weighted by Gasteiger charge is -2.34. The highest BCUT2D eigenvalue weighted by Crippen LogP contribution is 2.37. The molecule has 2 rings (SSSR count). The number of halogens is 4. The van der Waals surface area contributed by atoms with Gasteiger partial charge >= 0.3 is 6.18 Å². The van der Waals surface area contributed by atoms with Gasteiger partial charge in [-0.2, -0.15) is 13.2 Å². The maximum absolute atomic E-state index is 12.8. The van der Waals surface area contributed by atoms with Gasteiger partial charge in [0.05, 0.1) is 5.56 Å². The van der Waals surface area contributed by atoms with Crippen LogP contribution in [0.5, 0.6) is 0 Å². The summed E-state index contributed by atoms with van der Waals surface area (Å²) in [4.78, 5) is 3.81. The third-order valence-electron chi connectivity index (χ3n) is 2.87. The largest absolute Gasteiger partial charge is 0.419 e. The smallest absolute Gasteiger partial charge is 0.367 e. The van der Waals surface area contributed by atoms with E-state index in [1.807, 2.05) is 0 Å². The number of alkyl halides is 3. The molecule has 1 aromatic heterocycles. The summed E-state index contributed by atoms with van der Waals surface area (Å²) >= 11 is 3.01. The van der Waals surface area contributed by atoms with Gasteiger partial charge in [0.15, 0.2) is 0 Å². The maximum atomic E-state index is 12.8. The Morgan fingerprint density at radius 1 is 1.41 bits per heavy atom. The van der Waals surface area contributed by atoms with E-state index in [-0.39, 0.29) is 11.9 Å². The van der Waals surface area contributed by atoms with Crippen molar-refractivity contribution < 1.29 is 13.2 Å². The van der Waals surface area contributed by atoms with E-state index in [1.54, 1.807) is 0 Å². The highest BCUT2D eigenvalue weighted by Gasteiger charge is 2.36. The summed E-state index contributed by atoms with van der Waals surface area (Å²) in [6.45, 7) is 2.08. The Kier molecular flexibility index (Phi) is 3.34. The first-order valence-electron chi connectivity index (χ1n) is 5.35. The Hall–Kier alpha value is -0.780. The first-order chi connectivity index (χ1) is 7.86. The predicted octanol–water partition coefficient (Wildman–Crippen LogP) is 4.07. The Morgan fingerprint density at radius 2 is 2.06 bits per heavy atom. The molecule has 0 atom stereocenters. The Balaban J connectivity index is 2.21. The lowest BCUT2D eigenvalue weighted by molar-refractivity contribution is -0.137. The molecular weight excluding hydrogens is 297 g/mol. The molecule has 94 valence electrons. The average molecular weight is 309 g/mol. The fourth-order valence-electron chi connectivity index (χ4n) is 1.98. The standard InChI is InChI=1S/C11H12BrF3N2/c1-6-2-8(3-6)17-10-9(11(13,14)15)4-7(12)5-16-10/h4-6,8H,2-3H2,1H3,(H,16,17).